The summed E-state index contributed by atoms with van der Waals surface area (Å²) >= 11 is 0. The van der Waals surface area contributed by atoms with Crippen LogP contribution in [-0.2, 0) is 15.1 Å². The molecule has 2 aliphatic heterocycles. The lowest BCUT2D eigenvalue weighted by molar-refractivity contribution is 0.122. The van der Waals surface area contributed by atoms with Gasteiger partial charge in [-0.15, -0.1) is 0 Å². The second-order valence-corrected chi connectivity index (χ2v) is 9.56. The first-order valence-electron chi connectivity index (χ1n) is 14.2. The van der Waals surface area contributed by atoms with E-state index in [1.807, 2.05) is 57.2 Å². The average Bonchev–Trinajstić information content (AvgIpc) is 3.01. The van der Waals surface area contributed by atoms with E-state index >= 15 is 4.39 Å². The van der Waals surface area contributed by atoms with Gasteiger partial charge in [-0.2, -0.15) is 0 Å². The van der Waals surface area contributed by atoms with Crippen LogP contribution in [0, 0.1) is 5.82 Å². The van der Waals surface area contributed by atoms with E-state index < -0.39 is 17.2 Å². The van der Waals surface area contributed by atoms with Crippen LogP contribution >= 0.6 is 0 Å². The van der Waals surface area contributed by atoms with Gasteiger partial charge in [0.25, 0.3) is 0 Å². The molecule has 3 aromatic carbocycles. The van der Waals surface area contributed by atoms with Gasteiger partial charge in [-0.25, -0.2) is 8.78 Å². The monoisotopic (exact) mass is 563 g/mol. The van der Waals surface area contributed by atoms with Crippen LogP contribution in [0.3, 0.4) is 0 Å². The van der Waals surface area contributed by atoms with Gasteiger partial charge in [-0.1, -0.05) is 57.2 Å². The maximum absolute atomic E-state index is 15.1. The first-order chi connectivity index (χ1) is 20.0. The maximum Gasteiger partial charge on any atom is 0.178 e. The van der Waals surface area contributed by atoms with Crippen LogP contribution in [0.2, 0.25) is 0 Å². The van der Waals surface area contributed by atoms with Crippen molar-refractivity contribution in [3.63, 3.8) is 0 Å². The summed E-state index contributed by atoms with van der Waals surface area (Å²) in [4.78, 5) is 2.30. The van der Waals surface area contributed by atoms with E-state index in [1.54, 1.807) is 12.1 Å². The third-order valence-electron chi connectivity index (χ3n) is 7.16. The second-order valence-electron chi connectivity index (χ2n) is 9.56. The summed E-state index contributed by atoms with van der Waals surface area (Å²) in [6.45, 7) is 8.61. The Hall–Kier alpha value is -3.68. The predicted molar refractivity (Wildman–Crippen MR) is 162 cm³/mol. The third-order valence-corrected chi connectivity index (χ3v) is 7.16. The molecule has 0 amide bonds. The van der Waals surface area contributed by atoms with Crippen molar-refractivity contribution in [2.24, 2.45) is 0 Å². The molecule has 0 aromatic heterocycles. The zero-order valence-electron chi connectivity index (χ0n) is 24.5. The highest BCUT2D eigenvalue weighted by atomic mass is 19.1. The molecule has 2 aliphatic rings. The molecule has 41 heavy (non-hydrogen) atoms. The lowest BCUT2D eigenvalue weighted by atomic mass is 9.81. The van der Waals surface area contributed by atoms with Gasteiger partial charge in [0.2, 0.25) is 0 Å². The van der Waals surface area contributed by atoms with Crippen molar-refractivity contribution in [2.45, 2.75) is 32.8 Å². The highest BCUT2D eigenvalue weighted by Crippen LogP contribution is 2.48. The van der Waals surface area contributed by atoms with E-state index in [0.29, 0.717) is 36.5 Å². The number of benzene rings is 3. The first kappa shape index (κ1) is 30.3. The van der Waals surface area contributed by atoms with Crippen LogP contribution in [0.1, 0.15) is 38.3 Å². The lowest BCUT2D eigenvalue weighted by Gasteiger charge is -2.38. The van der Waals surface area contributed by atoms with Gasteiger partial charge in [0.15, 0.2) is 17.2 Å². The molecular weight excluding hydrogens is 524 g/mol. The van der Waals surface area contributed by atoms with Crippen LogP contribution in [-0.4, -0.2) is 47.1 Å². The minimum Gasteiger partial charge on any atom is -0.494 e. The van der Waals surface area contributed by atoms with Crippen molar-refractivity contribution in [2.75, 3.05) is 52.0 Å². The summed E-state index contributed by atoms with van der Waals surface area (Å²) in [5.74, 6) is -0.226. The van der Waals surface area contributed by atoms with Crippen molar-refractivity contribution in [1.82, 2.24) is 0 Å². The van der Waals surface area contributed by atoms with Gasteiger partial charge < -0.3 is 23.8 Å². The van der Waals surface area contributed by atoms with Crippen molar-refractivity contribution in [1.29, 1.82) is 0 Å². The number of ether oxygens (including phenoxy) is 4. The number of halogens is 2. The molecule has 7 heteroatoms. The van der Waals surface area contributed by atoms with Crippen LogP contribution in [0.5, 0.6) is 11.5 Å². The number of nitrogens with zero attached hydrogens (tertiary/aromatic N) is 1. The van der Waals surface area contributed by atoms with E-state index in [1.165, 1.54) is 26.4 Å². The maximum atomic E-state index is 15.1. The molecule has 2 heterocycles. The largest absolute Gasteiger partial charge is 0.494 e. The van der Waals surface area contributed by atoms with Crippen molar-refractivity contribution < 1.29 is 27.7 Å². The van der Waals surface area contributed by atoms with E-state index in [-0.39, 0.29) is 12.4 Å². The Balaban J connectivity index is 0.00000189. The molecule has 0 bridgehead atoms. The molecule has 218 valence electrons. The Kier molecular flexibility index (Phi) is 10.2. The van der Waals surface area contributed by atoms with Gasteiger partial charge in [0, 0.05) is 54.0 Å². The predicted octanol–water partition coefficient (Wildman–Crippen LogP) is 7.99. The van der Waals surface area contributed by atoms with Crippen LogP contribution in [0.15, 0.2) is 78.2 Å². The zero-order valence-corrected chi connectivity index (χ0v) is 24.5. The number of hydrogen-bond donors (Lipinski definition) is 0. The SMILES string of the molecule is CC.CC/C=C(\C=C(\F)COC)C1(c2ccc(OC)c(F)c2)C=Cc2c(cc(N3CCOCC3)c3ccccc23)O1. The van der Waals surface area contributed by atoms with Gasteiger partial charge in [-0.05, 0) is 42.2 Å². The van der Waals surface area contributed by atoms with Gasteiger partial charge in [-0.3, -0.25) is 0 Å². The Bertz CT molecular complexity index is 1440. The standard InChI is InChI=1S/C32H33F2NO4.C2H6/c1-4-7-22(18-24(33)21-36-2)32(23-10-11-30(37-3)28(34)19-23)13-12-27-25-8-5-6-9-26(25)29(20-31(27)39-32)35-14-16-38-17-15-35;1-2/h5-13,18-20H,4,14-17,21H2,1-3H3;1-2H3/b22-7+,24-18+;. The number of rotatable bonds is 8. The first-order valence-corrected chi connectivity index (χ1v) is 14.2. The minimum atomic E-state index is -1.29. The Labute approximate surface area is 241 Å². The quantitative estimate of drug-likeness (QED) is 0.260. The molecular formula is C34H39F2NO4. The molecule has 0 spiro atoms. The fourth-order valence-corrected chi connectivity index (χ4v) is 5.34. The highest BCUT2D eigenvalue weighted by molar-refractivity contribution is 6.02. The Morgan fingerprint density at radius 2 is 1.78 bits per heavy atom. The molecule has 0 aliphatic carbocycles. The molecule has 0 N–H and O–H groups in total. The fraction of sp³-hybridized carbons (Fsp3) is 0.353. The topological polar surface area (TPSA) is 40.2 Å². The summed E-state index contributed by atoms with van der Waals surface area (Å²) in [5.41, 5.74) is 1.74. The molecule has 1 saturated heterocycles. The van der Waals surface area contributed by atoms with Gasteiger partial charge in [0.05, 0.1) is 26.9 Å². The van der Waals surface area contributed by atoms with Crippen molar-refractivity contribution in [3.05, 3.63) is 95.1 Å². The zero-order chi connectivity index (χ0) is 29.4. The number of fused-ring (bicyclic) bond motifs is 3. The normalized spacial score (nSPS) is 18.9. The van der Waals surface area contributed by atoms with Crippen LogP contribution < -0.4 is 14.4 Å². The summed E-state index contributed by atoms with van der Waals surface area (Å²) < 4.78 is 52.7. The smallest absolute Gasteiger partial charge is 0.178 e. The van der Waals surface area contributed by atoms with E-state index in [0.717, 1.165) is 35.1 Å². The summed E-state index contributed by atoms with van der Waals surface area (Å²) in [7, 11) is 2.86. The summed E-state index contributed by atoms with van der Waals surface area (Å²) in [6, 6.07) is 15.0. The van der Waals surface area contributed by atoms with Crippen LogP contribution in [0.4, 0.5) is 14.5 Å². The number of hydrogen-bond acceptors (Lipinski definition) is 5. The van der Waals surface area contributed by atoms with Crippen molar-refractivity contribution in [3.8, 4) is 11.5 Å². The highest BCUT2D eigenvalue weighted by Gasteiger charge is 2.39. The van der Waals surface area contributed by atoms with E-state index in [9.17, 15) is 4.39 Å². The average molecular weight is 564 g/mol. The molecule has 1 fully saturated rings. The van der Waals surface area contributed by atoms with Crippen LogP contribution in [0.25, 0.3) is 16.8 Å². The third kappa shape index (κ3) is 6.16. The molecule has 1 atom stereocenters. The number of anilines is 1. The van der Waals surface area contributed by atoms with Crippen molar-refractivity contribution >= 4 is 22.5 Å². The molecule has 5 rings (SSSR count). The molecule has 1 unspecified atom stereocenters. The summed E-state index contributed by atoms with van der Waals surface area (Å²) in [5, 5.41) is 2.16. The Morgan fingerprint density at radius 3 is 2.44 bits per heavy atom. The minimum absolute atomic E-state index is 0.122. The second kappa shape index (κ2) is 13.8. The number of allylic oxidation sites excluding steroid dienone is 1. The summed E-state index contributed by atoms with van der Waals surface area (Å²) in [6.07, 6.45) is 7.83. The number of morpholine rings is 1. The van der Waals surface area contributed by atoms with Gasteiger partial charge in [0.1, 0.15) is 11.6 Å². The number of methoxy groups -OCH3 is 2. The van der Waals surface area contributed by atoms with Gasteiger partial charge >= 0.3 is 0 Å². The lowest BCUT2D eigenvalue weighted by Crippen LogP contribution is -2.37. The molecule has 5 nitrogen and oxygen atoms in total. The van der Waals surface area contributed by atoms with E-state index in [2.05, 4.69) is 17.0 Å². The molecule has 0 saturated carbocycles. The fourth-order valence-electron chi connectivity index (χ4n) is 5.34. The molecule has 0 radical (unpaired) electrons. The van der Waals surface area contributed by atoms with E-state index in [4.69, 9.17) is 18.9 Å². The Morgan fingerprint density at radius 1 is 1.05 bits per heavy atom. The molecule has 3 aromatic rings.